The summed E-state index contributed by atoms with van der Waals surface area (Å²) in [6, 6.07) is 23.4. The van der Waals surface area contributed by atoms with Gasteiger partial charge in [0.15, 0.2) is 11.9 Å². The van der Waals surface area contributed by atoms with Crippen molar-refractivity contribution in [3.8, 4) is 0 Å². The average Bonchev–Trinajstić information content (AvgIpc) is 3.49. The third-order valence-corrected chi connectivity index (χ3v) is 8.83. The van der Waals surface area contributed by atoms with Gasteiger partial charge in [0.1, 0.15) is 18.0 Å². The quantitative estimate of drug-likeness (QED) is 0.151. The zero-order chi connectivity index (χ0) is 29.1. The van der Waals surface area contributed by atoms with Gasteiger partial charge in [0, 0.05) is 24.7 Å². The second-order valence-corrected chi connectivity index (χ2v) is 12.2. The molecule has 7 heteroatoms. The molecular weight excluding hydrogens is 525 g/mol. The minimum atomic E-state index is -0.664. The van der Waals surface area contributed by atoms with Crippen molar-refractivity contribution >= 4 is 11.8 Å². The molecule has 0 spiro atoms. The highest BCUT2D eigenvalue weighted by molar-refractivity contribution is 5.69. The number of halogens is 1. The number of para-hydroxylation sites is 1. The van der Waals surface area contributed by atoms with Gasteiger partial charge in [-0.3, -0.25) is 0 Å². The standard InChI is InChI=1S/C35H40FN5O/c1-26(2)29-18-14-27(15-19-29)23-39(24-28-16-20-31(36)21-17-28)35(33-25-40(38-37-33)32-11-4-3-5-12-32)41(42)22-8-10-30-9-6-7-13-34(30)41/h6-10,13-21,25-26,32,35H,3-5,11-12,22-24H2,1-2H3. The molecule has 2 atom stereocenters. The molecule has 1 aliphatic carbocycles. The third kappa shape index (κ3) is 5.95. The first-order valence-corrected chi connectivity index (χ1v) is 15.2. The molecular formula is C35H40FN5O. The molecule has 6 rings (SSSR count). The number of aromatic nitrogens is 3. The lowest BCUT2D eigenvalue weighted by Gasteiger charge is -2.52. The van der Waals surface area contributed by atoms with E-state index in [4.69, 9.17) is 5.10 Å². The second-order valence-electron chi connectivity index (χ2n) is 12.2. The summed E-state index contributed by atoms with van der Waals surface area (Å²) in [4.78, 5) is 2.20. The highest BCUT2D eigenvalue weighted by Crippen LogP contribution is 2.42. The zero-order valence-electron chi connectivity index (χ0n) is 24.6. The molecule has 1 saturated carbocycles. The van der Waals surface area contributed by atoms with Gasteiger partial charge in [0.25, 0.3) is 0 Å². The second kappa shape index (κ2) is 12.3. The summed E-state index contributed by atoms with van der Waals surface area (Å²) in [6.45, 7) is 5.65. The van der Waals surface area contributed by atoms with E-state index in [1.807, 2.05) is 47.3 Å². The van der Waals surface area contributed by atoms with E-state index in [-0.39, 0.29) is 12.4 Å². The van der Waals surface area contributed by atoms with Crippen LogP contribution >= 0.6 is 0 Å². The van der Waals surface area contributed by atoms with Crippen LogP contribution in [0.3, 0.4) is 0 Å². The van der Waals surface area contributed by atoms with Crippen LogP contribution in [0.1, 0.15) is 92.0 Å². The van der Waals surface area contributed by atoms with E-state index in [1.54, 1.807) is 12.1 Å². The first kappa shape index (κ1) is 28.5. The number of hydrogen-bond acceptors (Lipinski definition) is 4. The van der Waals surface area contributed by atoms with Crippen molar-refractivity contribution in [2.24, 2.45) is 0 Å². The lowest BCUT2D eigenvalue weighted by molar-refractivity contribution is 0.0672. The highest BCUT2D eigenvalue weighted by atomic mass is 19.1. The minimum Gasteiger partial charge on any atom is -0.626 e. The normalized spacial score (nSPS) is 19.8. The first-order chi connectivity index (χ1) is 20.4. The molecule has 6 nitrogen and oxygen atoms in total. The van der Waals surface area contributed by atoms with E-state index >= 15 is 5.21 Å². The van der Waals surface area contributed by atoms with Crippen molar-refractivity contribution in [1.29, 1.82) is 0 Å². The maximum atomic E-state index is 15.4. The van der Waals surface area contributed by atoms with Crippen LogP contribution in [0.4, 0.5) is 10.1 Å². The van der Waals surface area contributed by atoms with Gasteiger partial charge < -0.3 is 9.85 Å². The molecule has 0 N–H and O–H groups in total. The molecule has 3 aromatic carbocycles. The third-order valence-electron chi connectivity index (χ3n) is 8.83. The predicted molar refractivity (Wildman–Crippen MR) is 167 cm³/mol. The van der Waals surface area contributed by atoms with Gasteiger partial charge in [-0.25, -0.2) is 14.0 Å². The Balaban J connectivity index is 1.46. The number of benzene rings is 3. The molecule has 1 aromatic heterocycles. The molecule has 1 aliphatic heterocycles. The molecule has 4 aromatic rings. The van der Waals surface area contributed by atoms with Crippen molar-refractivity contribution in [2.75, 3.05) is 6.54 Å². The maximum Gasteiger partial charge on any atom is 0.197 e. The van der Waals surface area contributed by atoms with Crippen molar-refractivity contribution in [3.05, 3.63) is 124 Å². The van der Waals surface area contributed by atoms with E-state index in [0.29, 0.717) is 30.7 Å². The Kier molecular flexibility index (Phi) is 8.34. The Labute approximate surface area is 248 Å². The molecule has 218 valence electrons. The predicted octanol–water partition coefficient (Wildman–Crippen LogP) is 8.28. The van der Waals surface area contributed by atoms with Crippen LogP contribution in [-0.4, -0.2) is 26.4 Å². The van der Waals surface area contributed by atoms with Crippen LogP contribution in [0, 0.1) is 11.0 Å². The Bertz CT molecular complexity index is 1510. The summed E-state index contributed by atoms with van der Waals surface area (Å²) in [5.74, 6) is 0.160. The van der Waals surface area contributed by atoms with Gasteiger partial charge in [0.2, 0.25) is 0 Å². The Morgan fingerprint density at radius 1 is 0.929 bits per heavy atom. The number of fused-ring (bicyclic) bond motifs is 1. The fourth-order valence-electron chi connectivity index (χ4n) is 6.53. The minimum absolute atomic E-state index is 0.274. The van der Waals surface area contributed by atoms with E-state index in [9.17, 15) is 4.39 Å². The lowest BCUT2D eigenvalue weighted by Crippen LogP contribution is -2.54. The Morgan fingerprint density at radius 3 is 2.29 bits per heavy atom. The van der Waals surface area contributed by atoms with Crippen LogP contribution in [0.5, 0.6) is 0 Å². The molecule has 0 bridgehead atoms. The van der Waals surface area contributed by atoms with Crippen LogP contribution in [0.25, 0.3) is 6.08 Å². The molecule has 1 fully saturated rings. The van der Waals surface area contributed by atoms with Crippen molar-refractivity contribution in [2.45, 2.75) is 77.2 Å². The SMILES string of the molecule is CC(C)c1ccc(CN(Cc2ccc(F)cc2)C(c2cn(C3CCCCC3)nn2)[N+]2([O-])CC=Cc3ccccc32)cc1. The maximum absolute atomic E-state index is 15.4. The molecule has 0 saturated heterocycles. The first-order valence-electron chi connectivity index (χ1n) is 15.2. The van der Waals surface area contributed by atoms with Crippen LogP contribution < -0.4 is 4.65 Å². The molecule has 2 heterocycles. The number of hydrogen-bond donors (Lipinski definition) is 0. The van der Waals surface area contributed by atoms with E-state index < -0.39 is 10.8 Å². The summed E-state index contributed by atoms with van der Waals surface area (Å²) in [7, 11) is 0. The molecule has 42 heavy (non-hydrogen) atoms. The molecule has 2 aliphatic rings. The van der Waals surface area contributed by atoms with Crippen LogP contribution in [-0.2, 0) is 13.1 Å². The Hall–Kier alpha value is -3.65. The van der Waals surface area contributed by atoms with Gasteiger partial charge in [0.05, 0.1) is 12.2 Å². The zero-order valence-corrected chi connectivity index (χ0v) is 24.6. The summed E-state index contributed by atoms with van der Waals surface area (Å²) < 4.78 is 15.3. The summed E-state index contributed by atoms with van der Waals surface area (Å²) >= 11 is 0. The van der Waals surface area contributed by atoms with Crippen LogP contribution in [0.2, 0.25) is 0 Å². The molecule has 0 amide bonds. The number of nitrogens with zero attached hydrogens (tertiary/aromatic N) is 5. The van der Waals surface area contributed by atoms with Gasteiger partial charge in [-0.1, -0.05) is 86.9 Å². The summed E-state index contributed by atoms with van der Waals surface area (Å²) in [5, 5.41) is 24.7. The summed E-state index contributed by atoms with van der Waals surface area (Å²) in [6.07, 6.45) is 11.2. The average molecular weight is 566 g/mol. The van der Waals surface area contributed by atoms with Gasteiger partial charge >= 0.3 is 0 Å². The fraction of sp³-hybridized carbons (Fsp3) is 0.371. The monoisotopic (exact) mass is 565 g/mol. The van der Waals surface area contributed by atoms with E-state index in [1.165, 1.54) is 37.0 Å². The van der Waals surface area contributed by atoms with Crippen molar-refractivity contribution < 1.29 is 4.39 Å². The molecule has 0 radical (unpaired) electrons. The van der Waals surface area contributed by atoms with Crippen molar-refractivity contribution in [1.82, 2.24) is 24.5 Å². The number of rotatable bonds is 9. The highest BCUT2D eigenvalue weighted by Gasteiger charge is 2.41. The van der Waals surface area contributed by atoms with Crippen LogP contribution in [0.15, 0.2) is 85.1 Å². The van der Waals surface area contributed by atoms with E-state index in [2.05, 4.69) is 48.2 Å². The molecule has 2 unspecified atom stereocenters. The fourth-order valence-corrected chi connectivity index (χ4v) is 6.53. The van der Waals surface area contributed by atoms with E-state index in [0.717, 1.165) is 35.2 Å². The largest absolute Gasteiger partial charge is 0.626 e. The lowest BCUT2D eigenvalue weighted by atomic mass is 9.96. The van der Waals surface area contributed by atoms with Gasteiger partial charge in [-0.2, -0.15) is 0 Å². The van der Waals surface area contributed by atoms with Gasteiger partial charge in [-0.15, -0.1) is 5.10 Å². The van der Waals surface area contributed by atoms with Gasteiger partial charge in [-0.05, 0) is 65.8 Å². The Morgan fingerprint density at radius 2 is 1.60 bits per heavy atom. The number of hydroxylamine groups is 2. The number of quaternary nitrogens is 1. The smallest absolute Gasteiger partial charge is 0.197 e. The van der Waals surface area contributed by atoms with Crippen molar-refractivity contribution in [3.63, 3.8) is 0 Å². The summed E-state index contributed by atoms with van der Waals surface area (Å²) in [5.41, 5.74) is 5.63. The topological polar surface area (TPSA) is 57.0 Å².